The van der Waals surface area contributed by atoms with Gasteiger partial charge in [0.15, 0.2) is 17.0 Å². The van der Waals surface area contributed by atoms with Crippen molar-refractivity contribution in [1.29, 1.82) is 0 Å². The number of halogens is 4. The molecule has 2 heterocycles. The van der Waals surface area contributed by atoms with Gasteiger partial charge in [-0.15, -0.1) is 0 Å². The number of nitrogens with two attached hydrogens (primary N) is 1. The van der Waals surface area contributed by atoms with E-state index in [2.05, 4.69) is 20.4 Å². The van der Waals surface area contributed by atoms with Gasteiger partial charge in [-0.05, 0) is 39.0 Å². The highest BCUT2D eigenvalue weighted by molar-refractivity contribution is 6.00. The molecule has 7 nitrogen and oxygen atoms in total. The maximum absolute atomic E-state index is 14.8. The van der Waals surface area contributed by atoms with Crippen LogP contribution in [0.1, 0.15) is 42.3 Å². The summed E-state index contributed by atoms with van der Waals surface area (Å²) in [5.74, 6) is -6.35. The Morgan fingerprint density at radius 2 is 1.96 bits per heavy atom. The van der Waals surface area contributed by atoms with Crippen molar-refractivity contribution in [1.82, 2.24) is 10.1 Å². The summed E-state index contributed by atoms with van der Waals surface area (Å²) in [7, 11) is 0. The van der Waals surface area contributed by atoms with E-state index >= 15 is 0 Å². The maximum atomic E-state index is 14.8. The van der Waals surface area contributed by atoms with Crippen molar-refractivity contribution in [2.75, 3.05) is 5.32 Å². The van der Waals surface area contributed by atoms with Crippen molar-refractivity contribution in [3.05, 3.63) is 41.3 Å². The van der Waals surface area contributed by atoms with Gasteiger partial charge in [-0.1, -0.05) is 5.16 Å². The predicted octanol–water partition coefficient (Wildman–Crippen LogP) is 3.11. The molecule has 2 unspecified atom stereocenters. The van der Waals surface area contributed by atoms with Crippen molar-refractivity contribution in [2.45, 2.75) is 44.3 Å². The van der Waals surface area contributed by atoms with Gasteiger partial charge >= 0.3 is 11.8 Å². The topological polar surface area (TPSA) is 106 Å². The lowest BCUT2D eigenvalue weighted by atomic mass is 9.77. The van der Waals surface area contributed by atoms with E-state index in [1.165, 1.54) is 6.92 Å². The first-order valence-corrected chi connectivity index (χ1v) is 8.20. The van der Waals surface area contributed by atoms with E-state index in [0.29, 0.717) is 0 Å². The van der Waals surface area contributed by atoms with Gasteiger partial charge in [0, 0.05) is 11.3 Å². The Morgan fingerprint density at radius 1 is 1.29 bits per heavy atom. The van der Waals surface area contributed by atoms with Gasteiger partial charge in [0.05, 0.1) is 6.42 Å². The molecule has 0 spiro atoms. The number of nitrogens with one attached hydrogen (secondary N) is 1. The van der Waals surface area contributed by atoms with Crippen LogP contribution < -0.4 is 11.1 Å². The summed E-state index contributed by atoms with van der Waals surface area (Å²) in [5, 5.41) is 5.81. The van der Waals surface area contributed by atoms with Crippen LogP contribution >= 0.6 is 0 Å². The lowest BCUT2D eigenvalue weighted by Gasteiger charge is -2.42. The normalized spacial score (nSPS) is 26.6. The van der Waals surface area contributed by atoms with E-state index < -0.39 is 46.7 Å². The highest BCUT2D eigenvalue weighted by atomic mass is 19.3. The van der Waals surface area contributed by atoms with Crippen LogP contribution in [-0.2, 0) is 5.54 Å². The lowest BCUT2D eigenvalue weighted by molar-refractivity contribution is -0.106. The lowest BCUT2D eigenvalue weighted by Crippen LogP contribution is -2.56. The van der Waals surface area contributed by atoms with Crippen LogP contribution in [0.5, 0.6) is 0 Å². The van der Waals surface area contributed by atoms with E-state index in [9.17, 15) is 22.4 Å². The van der Waals surface area contributed by atoms with Crippen molar-refractivity contribution >= 4 is 17.4 Å². The van der Waals surface area contributed by atoms with Gasteiger partial charge < -0.3 is 15.6 Å². The second-order valence-electron chi connectivity index (χ2n) is 6.94. The number of carbonyl (C=O) groups is 1. The van der Waals surface area contributed by atoms with Crippen molar-refractivity contribution < 1.29 is 26.9 Å². The Labute approximate surface area is 157 Å². The van der Waals surface area contributed by atoms with Crippen molar-refractivity contribution in [3.8, 4) is 0 Å². The number of aliphatic imine (C=N–C) groups is 1. The quantitative estimate of drug-likeness (QED) is 0.772. The van der Waals surface area contributed by atoms with Gasteiger partial charge in [-0.3, -0.25) is 9.79 Å². The number of benzene rings is 1. The van der Waals surface area contributed by atoms with Crippen LogP contribution in [0.4, 0.5) is 23.2 Å². The van der Waals surface area contributed by atoms with Gasteiger partial charge in [0.25, 0.3) is 5.92 Å². The molecule has 11 heteroatoms. The van der Waals surface area contributed by atoms with Crippen LogP contribution in [0.25, 0.3) is 0 Å². The molecule has 0 radical (unpaired) electrons. The number of anilines is 1. The van der Waals surface area contributed by atoms with Crippen molar-refractivity contribution in [2.24, 2.45) is 10.7 Å². The molecule has 0 saturated carbocycles. The fraction of sp³-hybridized carbons (Fsp3) is 0.412. The Kier molecular flexibility index (Phi) is 4.43. The zero-order valence-electron chi connectivity index (χ0n) is 15.2. The molecule has 0 fully saturated rings. The average Bonchev–Trinajstić information content (AvgIpc) is 3.01. The van der Waals surface area contributed by atoms with Crippen LogP contribution in [0.2, 0.25) is 0 Å². The average molecular weight is 399 g/mol. The third kappa shape index (κ3) is 3.20. The Balaban J connectivity index is 2.01. The third-order valence-corrected chi connectivity index (χ3v) is 4.61. The SMILES string of the molecule is Cc1noc(C(=O)Nc2ccc(F)c(C3(C)N=C(N)C(C)(F)CC3(F)F)c2)n1. The molecule has 0 aliphatic carbocycles. The molecule has 3 rings (SSSR count). The largest absolute Gasteiger partial charge is 0.385 e. The molecular weight excluding hydrogens is 382 g/mol. The Bertz CT molecular complexity index is 972. The van der Waals surface area contributed by atoms with Crippen LogP contribution in [0, 0.1) is 12.7 Å². The van der Waals surface area contributed by atoms with Gasteiger partial charge in [0.1, 0.15) is 11.7 Å². The van der Waals surface area contributed by atoms with Gasteiger partial charge in [0.2, 0.25) is 0 Å². The number of amidine groups is 1. The van der Waals surface area contributed by atoms with E-state index in [0.717, 1.165) is 32.0 Å². The molecule has 1 amide bonds. The fourth-order valence-electron chi connectivity index (χ4n) is 2.93. The molecular formula is C17H17F4N5O2. The minimum Gasteiger partial charge on any atom is -0.385 e. The summed E-state index contributed by atoms with van der Waals surface area (Å²) in [6.45, 7) is 3.35. The summed E-state index contributed by atoms with van der Waals surface area (Å²) >= 11 is 0. The molecule has 3 N–H and O–H groups in total. The fourth-order valence-corrected chi connectivity index (χ4v) is 2.93. The summed E-state index contributed by atoms with van der Waals surface area (Å²) in [5.41, 5.74) is -0.0376. The molecule has 1 aromatic heterocycles. The molecule has 1 aliphatic heterocycles. The summed E-state index contributed by atoms with van der Waals surface area (Å²) in [4.78, 5) is 19.4. The highest BCUT2D eigenvalue weighted by Gasteiger charge is 2.60. The molecule has 28 heavy (non-hydrogen) atoms. The minimum absolute atomic E-state index is 0.0170. The van der Waals surface area contributed by atoms with Crippen LogP contribution in [0.15, 0.2) is 27.7 Å². The number of rotatable bonds is 3. The van der Waals surface area contributed by atoms with Crippen LogP contribution in [-0.4, -0.2) is 33.5 Å². The molecule has 150 valence electrons. The third-order valence-electron chi connectivity index (χ3n) is 4.61. The summed E-state index contributed by atoms with van der Waals surface area (Å²) < 4.78 is 62.9. The molecule has 0 bridgehead atoms. The van der Waals surface area contributed by atoms with Crippen LogP contribution in [0.3, 0.4) is 0 Å². The monoisotopic (exact) mass is 399 g/mol. The smallest absolute Gasteiger partial charge is 0.316 e. The predicted molar refractivity (Wildman–Crippen MR) is 91.4 cm³/mol. The summed E-state index contributed by atoms with van der Waals surface area (Å²) in [6, 6.07) is 3.04. The van der Waals surface area contributed by atoms with E-state index in [-0.39, 0.29) is 17.4 Å². The number of hydrogen-bond acceptors (Lipinski definition) is 6. The van der Waals surface area contributed by atoms with E-state index in [1.807, 2.05) is 0 Å². The number of aryl methyl sites for hydroxylation is 1. The minimum atomic E-state index is -3.74. The number of hydrogen-bond donors (Lipinski definition) is 2. The molecule has 1 aliphatic rings. The molecule has 2 atom stereocenters. The first-order valence-electron chi connectivity index (χ1n) is 8.20. The Morgan fingerprint density at radius 3 is 2.57 bits per heavy atom. The number of carbonyl (C=O) groups excluding carboxylic acids is 1. The first kappa shape index (κ1) is 19.8. The second-order valence-corrected chi connectivity index (χ2v) is 6.94. The van der Waals surface area contributed by atoms with E-state index in [1.54, 1.807) is 0 Å². The molecule has 1 aromatic carbocycles. The zero-order valence-corrected chi connectivity index (χ0v) is 15.2. The van der Waals surface area contributed by atoms with Gasteiger partial charge in [-0.25, -0.2) is 17.6 Å². The number of alkyl halides is 3. The molecule has 2 aromatic rings. The second kappa shape index (κ2) is 6.28. The number of nitrogens with zero attached hydrogens (tertiary/aromatic N) is 3. The number of amides is 1. The van der Waals surface area contributed by atoms with E-state index in [4.69, 9.17) is 10.3 Å². The number of aromatic nitrogens is 2. The highest BCUT2D eigenvalue weighted by Crippen LogP contribution is 2.50. The standard InChI is InChI=1S/C17H17F4N5O2/c1-8-23-13(28-26-8)12(27)24-9-4-5-11(18)10(6-9)16(3)17(20,21)7-15(2,19)14(22)25-16/h4-6H,7H2,1-3H3,(H2,22,25)(H,24,27). The Hall–Kier alpha value is -2.98. The summed E-state index contributed by atoms with van der Waals surface area (Å²) in [6.07, 6.45) is -1.26. The maximum Gasteiger partial charge on any atom is 0.316 e. The van der Waals surface area contributed by atoms with Crippen molar-refractivity contribution in [3.63, 3.8) is 0 Å². The first-order chi connectivity index (χ1) is 12.9. The van der Waals surface area contributed by atoms with Gasteiger partial charge in [-0.2, -0.15) is 4.98 Å². The zero-order chi connectivity index (χ0) is 20.9. The molecule has 0 saturated heterocycles.